The number of aromatic hydroxyl groups is 2. The van der Waals surface area contributed by atoms with E-state index in [0.29, 0.717) is 0 Å². The number of aliphatic hydroxyl groups is 3. The summed E-state index contributed by atoms with van der Waals surface area (Å²) in [6.07, 6.45) is -6.44. The molecule has 1 amide bonds. The second-order valence-corrected chi connectivity index (χ2v) is 14.0. The van der Waals surface area contributed by atoms with Gasteiger partial charge in [-0.3, -0.25) is 19.2 Å². The fourth-order valence-electron chi connectivity index (χ4n) is 8.24. The van der Waals surface area contributed by atoms with Crippen molar-refractivity contribution in [3.8, 4) is 11.5 Å². The lowest BCUT2D eigenvalue weighted by Gasteiger charge is -2.52. The van der Waals surface area contributed by atoms with Gasteiger partial charge in [0, 0.05) is 57.5 Å². The van der Waals surface area contributed by atoms with Crippen molar-refractivity contribution in [2.45, 2.75) is 62.1 Å². The predicted octanol–water partition coefficient (Wildman–Crippen LogP) is 0.0494. The number of phenols is 2. The van der Waals surface area contributed by atoms with Crippen molar-refractivity contribution in [3.63, 3.8) is 0 Å². The first kappa shape index (κ1) is 39.5. The first-order chi connectivity index (χ1) is 25.9. The van der Waals surface area contributed by atoms with Gasteiger partial charge in [-0.25, -0.2) is 9.59 Å². The maximum absolute atomic E-state index is 14.7. The summed E-state index contributed by atoms with van der Waals surface area (Å²) >= 11 is 0. The Morgan fingerprint density at radius 3 is 2.25 bits per heavy atom. The van der Waals surface area contributed by atoms with Gasteiger partial charge < -0.3 is 59.4 Å². The highest BCUT2D eigenvalue weighted by Crippen LogP contribution is 2.56. The molecule has 18 heteroatoms. The minimum atomic E-state index is -3.27. The first-order valence-corrected chi connectivity index (χ1v) is 17.0. The van der Waals surface area contributed by atoms with Crippen LogP contribution in [0.2, 0.25) is 0 Å². The third kappa shape index (κ3) is 5.38. The summed E-state index contributed by atoms with van der Waals surface area (Å²) in [5.41, 5.74) is -10.5. The molecule has 0 spiro atoms. The monoisotopic (exact) mass is 768 g/mol. The highest BCUT2D eigenvalue weighted by atomic mass is 16.6. The van der Waals surface area contributed by atoms with E-state index in [1.807, 2.05) is 0 Å². The van der Waals surface area contributed by atoms with Crippen LogP contribution < -0.4 is 5.32 Å². The molecular formula is C37H40N2O16. The summed E-state index contributed by atoms with van der Waals surface area (Å²) in [6.45, 7) is 2.38. The van der Waals surface area contributed by atoms with E-state index in [0.717, 1.165) is 31.3 Å². The van der Waals surface area contributed by atoms with Crippen LogP contribution in [0.3, 0.4) is 0 Å². The van der Waals surface area contributed by atoms with E-state index in [-0.39, 0.29) is 11.1 Å². The number of amides is 1. The van der Waals surface area contributed by atoms with Crippen LogP contribution in [0, 0.1) is 12.8 Å². The number of phenolic OH excluding ortho intramolecular Hbond substituents is 2. The fraction of sp³-hybridized carbons (Fsp3) is 0.459. The molecule has 0 bridgehead atoms. The number of methoxy groups -OCH3 is 3. The Kier molecular flexibility index (Phi) is 9.90. The molecule has 0 saturated carbocycles. The van der Waals surface area contributed by atoms with Gasteiger partial charge in [0.05, 0.1) is 48.7 Å². The number of fused-ring (bicyclic) bond motifs is 5. The molecule has 2 aromatic rings. The molecule has 1 heterocycles. The number of Topliss-reactive ketones (excluding diaryl/α,β-unsaturated/α-hetero) is 3. The number of hydrogen-bond acceptors (Lipinski definition) is 17. The Labute approximate surface area is 313 Å². The molecule has 4 aliphatic rings. The number of carbonyl (C=O) groups is 6. The van der Waals surface area contributed by atoms with Crippen molar-refractivity contribution < 1.29 is 78.0 Å². The molecule has 2 aromatic carbocycles. The maximum Gasteiger partial charge on any atom is 0.409 e. The molecule has 3 aliphatic carbocycles. The Bertz CT molecular complexity index is 2090. The lowest BCUT2D eigenvalue weighted by molar-refractivity contribution is -0.215. The zero-order valence-electron chi connectivity index (χ0n) is 30.8. The van der Waals surface area contributed by atoms with Gasteiger partial charge in [-0.05, 0) is 31.0 Å². The molecule has 1 saturated heterocycles. The topological polar surface area (TPSA) is 265 Å². The van der Waals surface area contributed by atoms with Crippen LogP contribution >= 0.6 is 0 Å². The predicted molar refractivity (Wildman–Crippen MR) is 184 cm³/mol. The van der Waals surface area contributed by atoms with Gasteiger partial charge in [0.15, 0.2) is 17.0 Å². The largest absolute Gasteiger partial charge is 0.507 e. The third-order valence-corrected chi connectivity index (χ3v) is 10.9. The molecule has 6 rings (SSSR count). The van der Waals surface area contributed by atoms with Crippen LogP contribution in [0.1, 0.15) is 75.4 Å². The molecule has 6 N–H and O–H groups in total. The van der Waals surface area contributed by atoms with E-state index in [1.54, 1.807) is 6.92 Å². The highest BCUT2D eigenvalue weighted by molar-refractivity contribution is 6.31. The summed E-state index contributed by atoms with van der Waals surface area (Å²) in [4.78, 5) is 83.5. The molecular weight excluding hydrogens is 728 g/mol. The van der Waals surface area contributed by atoms with Crippen LogP contribution in [0.25, 0.3) is 0 Å². The number of allylic oxidation sites excluding steroid dienone is 2. The molecule has 294 valence electrons. The Morgan fingerprint density at radius 1 is 1.00 bits per heavy atom. The summed E-state index contributed by atoms with van der Waals surface area (Å²) < 4.78 is 27.4. The van der Waals surface area contributed by atoms with Gasteiger partial charge in [-0.1, -0.05) is 6.07 Å². The van der Waals surface area contributed by atoms with E-state index in [2.05, 4.69) is 5.32 Å². The van der Waals surface area contributed by atoms with Crippen molar-refractivity contribution in [2.75, 3.05) is 42.0 Å². The van der Waals surface area contributed by atoms with Crippen molar-refractivity contribution in [2.24, 2.45) is 5.92 Å². The normalized spacial score (nSPS) is 29.7. The number of rotatable bonds is 7. The number of esters is 1. The highest BCUT2D eigenvalue weighted by Gasteiger charge is 2.72. The Balaban J connectivity index is 1.47. The molecule has 1 aliphatic heterocycles. The standard InChI is InChI=1S/C37H40N2O16/c1-13-8-15-9-21(42)37(53-7)32(47)24-17(31(46)36(37,50)25(15)28(45)22(13)34(48)52-6)10-16-23(27(24)44)20(41)11-19(26(16)43)38-33-18(12-40)30(55-35(49)39(3)4)29(51-5)14(2)54-33/h8,10-11,14,18,21,29-30,33,38,40,42,44-45,50H,9,12H2,1-7H3/t14-,18+,21+,29-,30-,33?,36-,37+/m0/s1. The average Bonchev–Trinajstić information content (AvgIpc) is 3.12. The first-order valence-electron chi connectivity index (χ1n) is 17.0. The molecule has 8 atom stereocenters. The Hall–Kier alpha value is -5.24. The molecule has 0 radical (unpaired) electrons. The number of aliphatic hydroxyl groups excluding tert-OH is 2. The number of nitrogens with zero attached hydrogens (tertiary/aromatic N) is 1. The number of hydrogen-bond donors (Lipinski definition) is 6. The van der Waals surface area contributed by atoms with E-state index < -0.39 is 147 Å². The number of benzene rings is 2. The molecule has 1 fully saturated rings. The SMILES string of the molecule is COC(=O)c1c(C)cc2c(c1O)[C@]1(O)C(=O)c3cc4c(c(O)c3C(=O)[C@]1(OC)[C@H](O)C2)C(=O)C=C(NC1O[C@@H](C)[C@H](OC)[C@@H](OC(=O)N(C)C)[C@H]1CO)C4=O. The second-order valence-electron chi connectivity index (χ2n) is 14.0. The fourth-order valence-corrected chi connectivity index (χ4v) is 8.24. The van der Waals surface area contributed by atoms with Crippen LogP contribution in [-0.2, 0) is 35.7 Å². The average molecular weight is 769 g/mol. The van der Waals surface area contributed by atoms with Crippen LogP contribution in [-0.4, -0.2) is 144 Å². The van der Waals surface area contributed by atoms with Crippen LogP contribution in [0.4, 0.5) is 4.79 Å². The minimum Gasteiger partial charge on any atom is -0.507 e. The summed E-state index contributed by atoms with van der Waals surface area (Å²) in [5.74, 6) is -8.96. The molecule has 55 heavy (non-hydrogen) atoms. The van der Waals surface area contributed by atoms with Gasteiger partial charge in [0.2, 0.25) is 17.3 Å². The maximum atomic E-state index is 14.7. The number of carbonyl (C=O) groups excluding carboxylic acids is 6. The minimum absolute atomic E-state index is 0.0248. The van der Waals surface area contributed by atoms with E-state index in [4.69, 9.17) is 23.7 Å². The second kappa shape index (κ2) is 13.8. The lowest BCUT2D eigenvalue weighted by atomic mass is 9.56. The van der Waals surface area contributed by atoms with Crippen LogP contribution in [0.5, 0.6) is 11.5 Å². The van der Waals surface area contributed by atoms with Gasteiger partial charge in [0.25, 0.3) is 0 Å². The quantitative estimate of drug-likeness (QED) is 0.203. The third-order valence-electron chi connectivity index (χ3n) is 10.9. The van der Waals surface area contributed by atoms with Gasteiger partial charge in [-0.15, -0.1) is 0 Å². The number of ether oxygens (including phenoxy) is 5. The number of aryl methyl sites for hydroxylation is 1. The van der Waals surface area contributed by atoms with Crippen LogP contribution in [0.15, 0.2) is 23.9 Å². The molecule has 18 nitrogen and oxygen atoms in total. The zero-order chi connectivity index (χ0) is 40.6. The van der Waals surface area contributed by atoms with Crippen molar-refractivity contribution >= 4 is 35.2 Å². The smallest absolute Gasteiger partial charge is 0.409 e. The lowest BCUT2D eigenvalue weighted by Crippen LogP contribution is -2.73. The molecule has 1 unspecified atom stereocenters. The Morgan fingerprint density at radius 2 is 1.67 bits per heavy atom. The summed E-state index contributed by atoms with van der Waals surface area (Å²) in [5, 5.41) is 60.2. The number of ketones is 4. The van der Waals surface area contributed by atoms with Gasteiger partial charge in [0.1, 0.15) is 35.5 Å². The molecule has 0 aromatic heterocycles. The summed E-state index contributed by atoms with van der Waals surface area (Å²) in [7, 11) is 6.19. The van der Waals surface area contributed by atoms with Crippen molar-refractivity contribution in [3.05, 3.63) is 68.4 Å². The van der Waals surface area contributed by atoms with Crippen molar-refractivity contribution in [1.82, 2.24) is 10.2 Å². The van der Waals surface area contributed by atoms with E-state index >= 15 is 0 Å². The summed E-state index contributed by atoms with van der Waals surface area (Å²) in [6, 6.07) is 2.14. The number of nitrogens with one attached hydrogen (secondary N) is 1. The van der Waals surface area contributed by atoms with E-state index in [1.165, 1.54) is 34.2 Å². The zero-order valence-corrected chi connectivity index (χ0v) is 30.8. The van der Waals surface area contributed by atoms with Crippen molar-refractivity contribution in [1.29, 1.82) is 0 Å². The van der Waals surface area contributed by atoms with Gasteiger partial charge in [-0.2, -0.15) is 0 Å². The van der Waals surface area contributed by atoms with E-state index in [9.17, 15) is 54.3 Å². The van der Waals surface area contributed by atoms with Gasteiger partial charge >= 0.3 is 12.1 Å².